The fourth-order valence-corrected chi connectivity index (χ4v) is 2.24. The number of nitrogens with zero attached hydrogens (tertiary/aromatic N) is 1. The van der Waals surface area contributed by atoms with Gasteiger partial charge in [-0.3, -0.25) is 0 Å². The highest BCUT2D eigenvalue weighted by Crippen LogP contribution is 2.35. The molecule has 1 aliphatic heterocycles. The highest BCUT2D eigenvalue weighted by molar-refractivity contribution is 4.86. The Labute approximate surface area is 93.4 Å². The van der Waals surface area contributed by atoms with Crippen molar-refractivity contribution in [3.8, 4) is 0 Å². The molecular formula is C12H25NO2. The zero-order valence-corrected chi connectivity index (χ0v) is 10.3. The summed E-state index contributed by atoms with van der Waals surface area (Å²) in [6.45, 7) is 8.97. The Morgan fingerprint density at radius 3 is 2.80 bits per heavy atom. The first-order valence-electron chi connectivity index (χ1n) is 5.92. The van der Waals surface area contributed by atoms with Crippen molar-refractivity contribution in [1.29, 1.82) is 0 Å². The number of rotatable bonds is 5. The molecule has 15 heavy (non-hydrogen) atoms. The first-order valence-corrected chi connectivity index (χ1v) is 5.92. The van der Waals surface area contributed by atoms with Gasteiger partial charge in [0.25, 0.3) is 0 Å². The lowest BCUT2D eigenvalue weighted by Crippen LogP contribution is -2.46. The van der Waals surface area contributed by atoms with Gasteiger partial charge in [-0.2, -0.15) is 0 Å². The van der Waals surface area contributed by atoms with Crippen molar-refractivity contribution in [3.63, 3.8) is 0 Å². The van der Waals surface area contributed by atoms with E-state index in [0.29, 0.717) is 17.9 Å². The third-order valence-electron chi connectivity index (χ3n) is 3.70. The summed E-state index contributed by atoms with van der Waals surface area (Å²) >= 11 is 0. The minimum atomic E-state index is 0.298. The number of aliphatic hydroxyl groups excluding tert-OH is 1. The van der Waals surface area contributed by atoms with Crippen LogP contribution in [0.25, 0.3) is 0 Å². The molecule has 0 aromatic heterocycles. The molecule has 3 heteroatoms. The van der Waals surface area contributed by atoms with E-state index in [2.05, 4.69) is 18.7 Å². The van der Waals surface area contributed by atoms with Gasteiger partial charge in [0, 0.05) is 33.4 Å². The first-order chi connectivity index (χ1) is 7.10. The Kier molecular flexibility index (Phi) is 5.03. The van der Waals surface area contributed by atoms with Crippen LogP contribution in [0.4, 0.5) is 0 Å². The van der Waals surface area contributed by atoms with E-state index < -0.39 is 0 Å². The number of likely N-dealkylation sites (tertiary alicyclic amines) is 1. The molecule has 0 amide bonds. The van der Waals surface area contributed by atoms with Gasteiger partial charge in [0.05, 0.1) is 0 Å². The van der Waals surface area contributed by atoms with Crippen molar-refractivity contribution in [2.75, 3.05) is 40.0 Å². The van der Waals surface area contributed by atoms with E-state index in [1.165, 1.54) is 6.42 Å². The summed E-state index contributed by atoms with van der Waals surface area (Å²) in [6.07, 6.45) is 2.28. The average molecular weight is 215 g/mol. The normalized spacial score (nSPS) is 26.8. The van der Waals surface area contributed by atoms with Crippen LogP contribution in [0.1, 0.15) is 26.7 Å². The van der Waals surface area contributed by atoms with Gasteiger partial charge >= 0.3 is 0 Å². The van der Waals surface area contributed by atoms with Gasteiger partial charge < -0.3 is 14.7 Å². The zero-order valence-electron chi connectivity index (χ0n) is 10.3. The predicted octanol–water partition coefficient (Wildman–Crippen LogP) is 1.36. The molecule has 1 heterocycles. The molecule has 0 radical (unpaired) electrons. The van der Waals surface area contributed by atoms with E-state index in [1.807, 2.05) is 0 Å². The highest BCUT2D eigenvalue weighted by Gasteiger charge is 2.34. The number of ether oxygens (including phenoxy) is 1. The van der Waals surface area contributed by atoms with Crippen LogP contribution in [-0.2, 0) is 4.74 Å². The molecule has 90 valence electrons. The largest absolute Gasteiger partial charge is 0.396 e. The lowest BCUT2D eigenvalue weighted by atomic mass is 9.74. The van der Waals surface area contributed by atoms with Gasteiger partial charge in [0.1, 0.15) is 0 Å². The lowest BCUT2D eigenvalue weighted by molar-refractivity contribution is 0.0198. The smallest absolute Gasteiger partial charge is 0.0476 e. The third-order valence-corrected chi connectivity index (χ3v) is 3.70. The lowest BCUT2D eigenvalue weighted by Gasteiger charge is -2.43. The van der Waals surface area contributed by atoms with Crippen molar-refractivity contribution in [1.82, 2.24) is 4.90 Å². The van der Waals surface area contributed by atoms with Gasteiger partial charge in [-0.05, 0) is 30.7 Å². The van der Waals surface area contributed by atoms with Crippen LogP contribution in [0.5, 0.6) is 0 Å². The summed E-state index contributed by atoms with van der Waals surface area (Å²) in [7, 11) is 1.75. The molecular weight excluding hydrogens is 190 g/mol. The molecule has 0 aromatic carbocycles. The monoisotopic (exact) mass is 215 g/mol. The molecule has 0 aliphatic carbocycles. The second-order valence-corrected chi connectivity index (χ2v) is 5.27. The SMILES string of the molecule is COCCCN1CCC(C)(C)C(CO)C1. The first kappa shape index (κ1) is 12.9. The van der Waals surface area contributed by atoms with Crippen LogP contribution in [0.3, 0.4) is 0 Å². The number of aliphatic hydroxyl groups is 1. The number of hydrogen-bond acceptors (Lipinski definition) is 3. The second kappa shape index (κ2) is 5.83. The number of methoxy groups -OCH3 is 1. The van der Waals surface area contributed by atoms with Gasteiger partial charge in [0.15, 0.2) is 0 Å². The Bertz CT molecular complexity index is 182. The number of hydrogen-bond donors (Lipinski definition) is 1. The predicted molar refractivity (Wildman–Crippen MR) is 61.9 cm³/mol. The van der Waals surface area contributed by atoms with Crippen LogP contribution in [0, 0.1) is 11.3 Å². The van der Waals surface area contributed by atoms with Gasteiger partial charge in [-0.1, -0.05) is 13.8 Å². The Balaban J connectivity index is 2.33. The standard InChI is InChI=1S/C12H25NO2/c1-12(2)5-7-13(6-4-8-15-3)9-11(12)10-14/h11,14H,4-10H2,1-3H3. The molecule has 1 N–H and O–H groups in total. The molecule has 1 rings (SSSR count). The quantitative estimate of drug-likeness (QED) is 0.703. The number of piperidine rings is 1. The summed E-state index contributed by atoms with van der Waals surface area (Å²) in [4.78, 5) is 2.45. The minimum absolute atomic E-state index is 0.298. The summed E-state index contributed by atoms with van der Waals surface area (Å²) in [5, 5.41) is 9.36. The molecule has 1 saturated heterocycles. The van der Waals surface area contributed by atoms with E-state index in [1.54, 1.807) is 7.11 Å². The van der Waals surface area contributed by atoms with Crippen LogP contribution in [0.15, 0.2) is 0 Å². The van der Waals surface area contributed by atoms with Gasteiger partial charge in [-0.15, -0.1) is 0 Å². The fraction of sp³-hybridized carbons (Fsp3) is 1.00. The molecule has 1 unspecified atom stereocenters. The van der Waals surface area contributed by atoms with Crippen molar-refractivity contribution in [3.05, 3.63) is 0 Å². The highest BCUT2D eigenvalue weighted by atomic mass is 16.5. The third kappa shape index (κ3) is 3.74. The van der Waals surface area contributed by atoms with Crippen molar-refractivity contribution in [2.45, 2.75) is 26.7 Å². The summed E-state index contributed by atoms with van der Waals surface area (Å²) in [5.41, 5.74) is 0.298. The van der Waals surface area contributed by atoms with Crippen LogP contribution >= 0.6 is 0 Å². The van der Waals surface area contributed by atoms with Crippen LogP contribution in [0.2, 0.25) is 0 Å². The topological polar surface area (TPSA) is 32.7 Å². The van der Waals surface area contributed by atoms with E-state index in [-0.39, 0.29) is 0 Å². The molecule has 0 aromatic rings. The van der Waals surface area contributed by atoms with E-state index >= 15 is 0 Å². The van der Waals surface area contributed by atoms with E-state index in [4.69, 9.17) is 4.74 Å². The summed E-state index contributed by atoms with van der Waals surface area (Å²) in [5.74, 6) is 0.425. The van der Waals surface area contributed by atoms with Crippen LogP contribution in [-0.4, -0.2) is 50.0 Å². The molecule has 1 aliphatic rings. The Morgan fingerprint density at radius 1 is 1.47 bits per heavy atom. The summed E-state index contributed by atoms with van der Waals surface area (Å²) < 4.78 is 5.05. The second-order valence-electron chi connectivity index (χ2n) is 5.27. The molecule has 0 bridgehead atoms. The zero-order chi connectivity index (χ0) is 11.3. The van der Waals surface area contributed by atoms with E-state index in [0.717, 1.165) is 32.7 Å². The maximum atomic E-state index is 9.36. The van der Waals surface area contributed by atoms with E-state index in [9.17, 15) is 5.11 Å². The maximum absolute atomic E-state index is 9.36. The van der Waals surface area contributed by atoms with Gasteiger partial charge in [0.2, 0.25) is 0 Å². The Hall–Kier alpha value is -0.120. The maximum Gasteiger partial charge on any atom is 0.0476 e. The molecule has 1 atom stereocenters. The van der Waals surface area contributed by atoms with Crippen LogP contribution < -0.4 is 0 Å². The fourth-order valence-electron chi connectivity index (χ4n) is 2.24. The molecule has 1 fully saturated rings. The Morgan fingerprint density at radius 2 is 2.20 bits per heavy atom. The van der Waals surface area contributed by atoms with Crippen molar-refractivity contribution >= 4 is 0 Å². The van der Waals surface area contributed by atoms with Crippen molar-refractivity contribution in [2.24, 2.45) is 11.3 Å². The van der Waals surface area contributed by atoms with Gasteiger partial charge in [-0.25, -0.2) is 0 Å². The molecule has 0 saturated carbocycles. The minimum Gasteiger partial charge on any atom is -0.396 e. The summed E-state index contributed by atoms with van der Waals surface area (Å²) in [6, 6.07) is 0. The molecule has 3 nitrogen and oxygen atoms in total. The molecule has 0 spiro atoms. The van der Waals surface area contributed by atoms with Crippen molar-refractivity contribution < 1.29 is 9.84 Å². The average Bonchev–Trinajstić information content (AvgIpc) is 2.20.